The molecule has 30 heavy (non-hydrogen) atoms. The van der Waals surface area contributed by atoms with Gasteiger partial charge in [0, 0.05) is 22.7 Å². The molecule has 1 fully saturated rings. The van der Waals surface area contributed by atoms with Crippen molar-refractivity contribution in [2.45, 2.75) is 13.5 Å². The number of benzene rings is 2. The summed E-state index contributed by atoms with van der Waals surface area (Å²) in [5, 5.41) is 13.9. The van der Waals surface area contributed by atoms with Gasteiger partial charge in [-0.3, -0.25) is 14.9 Å². The minimum Gasteiger partial charge on any atom is -0.548 e. The van der Waals surface area contributed by atoms with E-state index >= 15 is 0 Å². The SMILES string of the molecule is Cc1ccc(N2C(=O)NC(=O)/C(=C/c3cn(CC(=O)[O-])c4ccccc34)C2=O)cc1. The number of anilines is 1. The lowest BCUT2D eigenvalue weighted by Gasteiger charge is -2.26. The van der Waals surface area contributed by atoms with Crippen molar-refractivity contribution in [3.8, 4) is 0 Å². The molecule has 4 amide bonds. The Balaban J connectivity index is 1.80. The molecular weight excluding hydrogens is 386 g/mol. The number of nitrogens with zero attached hydrogens (tertiary/aromatic N) is 2. The summed E-state index contributed by atoms with van der Waals surface area (Å²) < 4.78 is 1.46. The molecule has 1 saturated heterocycles. The van der Waals surface area contributed by atoms with E-state index in [0.29, 0.717) is 22.2 Å². The van der Waals surface area contributed by atoms with Crippen LogP contribution in [0.3, 0.4) is 0 Å². The topological polar surface area (TPSA) is 112 Å². The summed E-state index contributed by atoms with van der Waals surface area (Å²) in [4.78, 5) is 49.7. The number of aromatic nitrogens is 1. The number of fused-ring (bicyclic) bond motifs is 1. The Morgan fingerprint density at radius 3 is 2.47 bits per heavy atom. The van der Waals surface area contributed by atoms with Gasteiger partial charge in [0.15, 0.2) is 0 Å². The maximum Gasteiger partial charge on any atom is 0.335 e. The third-order valence-corrected chi connectivity index (χ3v) is 4.81. The van der Waals surface area contributed by atoms with Crippen LogP contribution in [0.15, 0.2) is 60.3 Å². The Kier molecular flexibility index (Phi) is 4.67. The first kappa shape index (κ1) is 19.1. The molecule has 2 aromatic carbocycles. The highest BCUT2D eigenvalue weighted by Crippen LogP contribution is 2.26. The summed E-state index contributed by atoms with van der Waals surface area (Å²) >= 11 is 0. The van der Waals surface area contributed by atoms with Crippen molar-refractivity contribution < 1.29 is 24.3 Å². The normalized spacial score (nSPS) is 15.7. The van der Waals surface area contributed by atoms with Crippen molar-refractivity contribution >= 4 is 46.5 Å². The van der Waals surface area contributed by atoms with E-state index in [0.717, 1.165) is 10.5 Å². The molecule has 3 aromatic rings. The molecule has 2 heterocycles. The van der Waals surface area contributed by atoms with Gasteiger partial charge in [0.1, 0.15) is 5.57 Å². The second-order valence-corrected chi connectivity index (χ2v) is 6.89. The van der Waals surface area contributed by atoms with Crippen molar-refractivity contribution in [2.75, 3.05) is 4.90 Å². The van der Waals surface area contributed by atoms with Crippen molar-refractivity contribution in [3.63, 3.8) is 0 Å². The summed E-state index contributed by atoms with van der Waals surface area (Å²) in [6, 6.07) is 12.9. The number of amides is 4. The van der Waals surface area contributed by atoms with Gasteiger partial charge in [-0.05, 0) is 31.2 Å². The Morgan fingerprint density at radius 2 is 1.77 bits per heavy atom. The van der Waals surface area contributed by atoms with E-state index in [1.165, 1.54) is 16.8 Å². The molecule has 150 valence electrons. The second-order valence-electron chi connectivity index (χ2n) is 6.89. The van der Waals surface area contributed by atoms with Crippen LogP contribution in [0.25, 0.3) is 17.0 Å². The lowest BCUT2D eigenvalue weighted by atomic mass is 10.1. The van der Waals surface area contributed by atoms with Gasteiger partial charge < -0.3 is 14.5 Å². The lowest BCUT2D eigenvalue weighted by molar-refractivity contribution is -0.306. The van der Waals surface area contributed by atoms with Crippen LogP contribution in [0.4, 0.5) is 10.5 Å². The second kappa shape index (κ2) is 7.32. The number of aliphatic carboxylic acids is 1. The number of urea groups is 1. The molecule has 0 spiro atoms. The predicted molar refractivity (Wildman–Crippen MR) is 107 cm³/mol. The van der Waals surface area contributed by atoms with Crippen LogP contribution in [0, 0.1) is 6.92 Å². The lowest BCUT2D eigenvalue weighted by Crippen LogP contribution is -2.54. The molecule has 1 aromatic heterocycles. The molecule has 0 radical (unpaired) electrons. The first-order chi connectivity index (χ1) is 14.3. The van der Waals surface area contributed by atoms with Crippen LogP contribution < -0.4 is 15.3 Å². The first-order valence-electron chi connectivity index (χ1n) is 9.11. The first-order valence-corrected chi connectivity index (χ1v) is 9.11. The van der Waals surface area contributed by atoms with E-state index in [4.69, 9.17) is 0 Å². The summed E-state index contributed by atoms with van der Waals surface area (Å²) in [5.74, 6) is -2.84. The Hall–Kier alpha value is -4.20. The molecule has 1 aliphatic rings. The van der Waals surface area contributed by atoms with Crippen molar-refractivity contribution in [1.29, 1.82) is 0 Å². The molecule has 4 rings (SSSR count). The zero-order chi connectivity index (χ0) is 21.4. The largest absolute Gasteiger partial charge is 0.548 e. The highest BCUT2D eigenvalue weighted by molar-refractivity contribution is 6.39. The average Bonchev–Trinajstić information content (AvgIpc) is 3.03. The van der Waals surface area contributed by atoms with E-state index in [1.807, 2.05) is 6.92 Å². The van der Waals surface area contributed by atoms with Gasteiger partial charge >= 0.3 is 6.03 Å². The van der Waals surface area contributed by atoms with Crippen LogP contribution in [0.1, 0.15) is 11.1 Å². The number of imide groups is 2. The number of para-hydroxylation sites is 1. The van der Waals surface area contributed by atoms with E-state index in [-0.39, 0.29) is 12.1 Å². The van der Waals surface area contributed by atoms with Crippen molar-refractivity contribution in [1.82, 2.24) is 9.88 Å². The molecule has 8 nitrogen and oxygen atoms in total. The zero-order valence-corrected chi connectivity index (χ0v) is 15.9. The standard InChI is InChI=1S/C22H17N3O5/c1-13-6-8-15(9-7-13)25-21(29)17(20(28)23-22(25)30)10-14-11-24(12-19(26)27)18-5-3-2-4-16(14)18/h2-11H,12H2,1H3,(H,26,27)(H,23,28,30)/p-1/b17-10-. The molecule has 0 saturated carbocycles. The van der Waals surface area contributed by atoms with Gasteiger partial charge in [-0.15, -0.1) is 0 Å². The number of barbiturate groups is 1. The van der Waals surface area contributed by atoms with Crippen LogP contribution in [-0.2, 0) is 20.9 Å². The number of aryl methyl sites for hydroxylation is 1. The fourth-order valence-corrected chi connectivity index (χ4v) is 3.40. The number of carbonyl (C=O) groups excluding carboxylic acids is 4. The quantitative estimate of drug-likeness (QED) is 0.523. The number of carboxylic acid groups (broad SMARTS) is 1. The third kappa shape index (κ3) is 3.35. The minimum absolute atomic E-state index is 0.230. The predicted octanol–water partition coefficient (Wildman–Crippen LogP) is 1.37. The molecule has 1 aliphatic heterocycles. The third-order valence-electron chi connectivity index (χ3n) is 4.81. The molecule has 0 atom stereocenters. The number of carboxylic acids is 1. The maximum atomic E-state index is 13.0. The van der Waals surface area contributed by atoms with Crippen molar-refractivity contribution in [2.24, 2.45) is 0 Å². The molecule has 0 unspecified atom stereocenters. The Bertz CT molecular complexity index is 1240. The van der Waals surface area contributed by atoms with E-state index in [2.05, 4.69) is 5.32 Å². The molecular formula is C22H16N3O5-. The monoisotopic (exact) mass is 402 g/mol. The van der Waals surface area contributed by atoms with Gasteiger partial charge in [0.25, 0.3) is 11.8 Å². The molecule has 8 heteroatoms. The van der Waals surface area contributed by atoms with Gasteiger partial charge in [0.2, 0.25) is 0 Å². The highest BCUT2D eigenvalue weighted by Gasteiger charge is 2.36. The van der Waals surface area contributed by atoms with Crippen LogP contribution in [0.5, 0.6) is 0 Å². The van der Waals surface area contributed by atoms with E-state index in [9.17, 15) is 24.3 Å². The molecule has 1 N–H and O–H groups in total. The van der Waals surface area contributed by atoms with Crippen LogP contribution >= 0.6 is 0 Å². The number of nitrogens with one attached hydrogen (secondary N) is 1. The number of hydrogen-bond donors (Lipinski definition) is 1. The average molecular weight is 402 g/mol. The van der Waals surface area contributed by atoms with Gasteiger partial charge in [-0.25, -0.2) is 9.69 Å². The number of hydrogen-bond acceptors (Lipinski definition) is 5. The number of carbonyl (C=O) groups is 4. The van der Waals surface area contributed by atoms with Crippen LogP contribution in [0.2, 0.25) is 0 Å². The number of rotatable bonds is 4. The van der Waals surface area contributed by atoms with Gasteiger partial charge in [-0.2, -0.15) is 0 Å². The summed E-state index contributed by atoms with van der Waals surface area (Å²) in [5.41, 5.74) is 2.15. The van der Waals surface area contributed by atoms with Crippen molar-refractivity contribution in [3.05, 3.63) is 71.4 Å². The summed E-state index contributed by atoms with van der Waals surface area (Å²) in [7, 11) is 0. The molecule has 0 bridgehead atoms. The zero-order valence-electron chi connectivity index (χ0n) is 15.9. The Morgan fingerprint density at radius 1 is 1.07 bits per heavy atom. The summed E-state index contributed by atoms with van der Waals surface area (Å²) in [6.45, 7) is 1.50. The Labute approximate surface area is 171 Å². The van der Waals surface area contributed by atoms with Gasteiger partial charge in [0.05, 0.1) is 18.2 Å². The van der Waals surface area contributed by atoms with E-state index in [1.54, 1.807) is 48.5 Å². The van der Waals surface area contributed by atoms with E-state index < -0.39 is 23.8 Å². The highest BCUT2D eigenvalue weighted by atomic mass is 16.4. The summed E-state index contributed by atoms with van der Waals surface area (Å²) in [6.07, 6.45) is 2.89. The minimum atomic E-state index is -1.27. The van der Waals surface area contributed by atoms with Crippen LogP contribution in [-0.4, -0.2) is 28.4 Å². The molecule has 0 aliphatic carbocycles. The maximum absolute atomic E-state index is 13.0. The fourth-order valence-electron chi connectivity index (χ4n) is 3.40. The fraction of sp³-hybridized carbons (Fsp3) is 0.0909. The smallest absolute Gasteiger partial charge is 0.335 e. The van der Waals surface area contributed by atoms with Gasteiger partial charge in [-0.1, -0.05) is 35.9 Å².